The summed E-state index contributed by atoms with van der Waals surface area (Å²) in [4.78, 5) is 8.71. The fraction of sp³-hybridized carbons (Fsp3) is 0.692. The third-order valence-corrected chi connectivity index (χ3v) is 3.72. The number of anilines is 1. The zero-order chi connectivity index (χ0) is 13.0. The molecular weight excluding hydrogens is 228 g/mol. The highest BCUT2D eigenvalue weighted by Crippen LogP contribution is 2.35. The maximum atomic E-state index is 5.87. The molecule has 1 aromatic rings. The van der Waals surface area contributed by atoms with Crippen LogP contribution in [0.3, 0.4) is 0 Å². The van der Waals surface area contributed by atoms with Crippen molar-refractivity contribution in [1.29, 1.82) is 0 Å². The molecule has 1 heterocycles. The van der Waals surface area contributed by atoms with Gasteiger partial charge in [-0.3, -0.25) is 0 Å². The van der Waals surface area contributed by atoms with Gasteiger partial charge < -0.3 is 16.2 Å². The summed E-state index contributed by atoms with van der Waals surface area (Å²) < 4.78 is 5.59. The number of nitrogen functional groups attached to an aromatic ring is 1. The summed E-state index contributed by atoms with van der Waals surface area (Å²) in [5.74, 6) is 1.67. The molecule has 0 aliphatic heterocycles. The molecule has 0 bridgehead atoms. The summed E-state index contributed by atoms with van der Waals surface area (Å²) in [6.07, 6.45) is 7.89. The molecule has 1 fully saturated rings. The van der Waals surface area contributed by atoms with Crippen molar-refractivity contribution in [2.75, 3.05) is 12.8 Å². The Kier molecular flexibility index (Phi) is 4.49. The predicted octanol–water partition coefficient (Wildman–Crippen LogP) is 1.79. The van der Waals surface area contributed by atoms with Crippen LogP contribution < -0.4 is 11.5 Å². The van der Waals surface area contributed by atoms with Gasteiger partial charge in [-0.2, -0.15) is 0 Å². The number of ether oxygens (including phenoxy) is 1. The van der Waals surface area contributed by atoms with Gasteiger partial charge in [0.25, 0.3) is 0 Å². The third kappa shape index (κ3) is 2.79. The third-order valence-electron chi connectivity index (χ3n) is 3.72. The molecular formula is C13H22N4O. The van der Waals surface area contributed by atoms with Gasteiger partial charge in [0.2, 0.25) is 0 Å². The second-order valence-electron chi connectivity index (χ2n) is 4.90. The highest BCUT2D eigenvalue weighted by molar-refractivity contribution is 5.37. The Balaban J connectivity index is 2.18. The number of nitrogens with zero attached hydrogens (tertiary/aromatic N) is 2. The van der Waals surface area contributed by atoms with Gasteiger partial charge in [0.1, 0.15) is 11.9 Å². The molecule has 18 heavy (non-hydrogen) atoms. The molecule has 5 nitrogen and oxygen atoms in total. The maximum Gasteiger partial charge on any atom is 0.159 e. The minimum Gasteiger partial charge on any atom is -0.383 e. The molecule has 0 amide bonds. The van der Waals surface area contributed by atoms with E-state index in [1.165, 1.54) is 32.1 Å². The van der Waals surface area contributed by atoms with Gasteiger partial charge >= 0.3 is 0 Å². The molecule has 2 rings (SSSR count). The second kappa shape index (κ2) is 6.11. The highest BCUT2D eigenvalue weighted by atomic mass is 16.5. The lowest BCUT2D eigenvalue weighted by atomic mass is 9.85. The van der Waals surface area contributed by atoms with E-state index in [1.807, 2.05) is 0 Å². The van der Waals surface area contributed by atoms with E-state index >= 15 is 0 Å². The molecule has 5 heteroatoms. The van der Waals surface area contributed by atoms with Crippen LogP contribution in [0.25, 0.3) is 0 Å². The summed E-state index contributed by atoms with van der Waals surface area (Å²) in [6.45, 7) is 0.368. The lowest BCUT2D eigenvalue weighted by Gasteiger charge is -2.28. The lowest BCUT2D eigenvalue weighted by Crippen LogP contribution is -2.21. The van der Waals surface area contributed by atoms with Crippen LogP contribution in [-0.2, 0) is 11.3 Å². The van der Waals surface area contributed by atoms with E-state index in [-0.39, 0.29) is 6.10 Å². The first-order valence-electron chi connectivity index (χ1n) is 6.60. The van der Waals surface area contributed by atoms with Crippen molar-refractivity contribution in [2.45, 2.75) is 44.8 Å². The smallest absolute Gasteiger partial charge is 0.159 e. The zero-order valence-corrected chi connectivity index (χ0v) is 10.9. The highest BCUT2D eigenvalue weighted by Gasteiger charge is 2.27. The predicted molar refractivity (Wildman–Crippen MR) is 70.7 cm³/mol. The van der Waals surface area contributed by atoms with Crippen LogP contribution in [0.4, 0.5) is 5.82 Å². The molecule has 1 aliphatic rings. The van der Waals surface area contributed by atoms with E-state index in [0.29, 0.717) is 24.1 Å². The fourth-order valence-corrected chi connectivity index (χ4v) is 2.67. The molecule has 100 valence electrons. The molecule has 0 spiro atoms. The molecule has 1 aromatic heterocycles. The van der Waals surface area contributed by atoms with Crippen LogP contribution in [0, 0.1) is 5.92 Å². The Bertz CT molecular complexity index is 391. The Morgan fingerprint density at radius 2 is 2.11 bits per heavy atom. The van der Waals surface area contributed by atoms with Crippen LogP contribution in [0.15, 0.2) is 6.20 Å². The Morgan fingerprint density at radius 1 is 1.39 bits per heavy atom. The maximum absolute atomic E-state index is 5.87. The number of methoxy groups -OCH3 is 1. The number of rotatable bonds is 4. The van der Waals surface area contributed by atoms with Crippen LogP contribution in [0.5, 0.6) is 0 Å². The van der Waals surface area contributed by atoms with Gasteiger partial charge in [-0.25, -0.2) is 9.97 Å². The van der Waals surface area contributed by atoms with Gasteiger partial charge in [0.15, 0.2) is 5.82 Å². The van der Waals surface area contributed by atoms with Crippen molar-refractivity contribution in [3.05, 3.63) is 17.6 Å². The first-order valence-corrected chi connectivity index (χ1v) is 6.60. The van der Waals surface area contributed by atoms with E-state index in [1.54, 1.807) is 13.3 Å². The molecule has 4 N–H and O–H groups in total. The molecule has 0 radical (unpaired) electrons. The second-order valence-corrected chi connectivity index (χ2v) is 4.90. The number of hydrogen-bond acceptors (Lipinski definition) is 5. The fourth-order valence-electron chi connectivity index (χ4n) is 2.67. The van der Waals surface area contributed by atoms with E-state index in [4.69, 9.17) is 16.2 Å². The average Bonchev–Trinajstić information content (AvgIpc) is 2.41. The van der Waals surface area contributed by atoms with E-state index in [0.717, 1.165) is 5.56 Å². The van der Waals surface area contributed by atoms with Gasteiger partial charge in [-0.1, -0.05) is 19.3 Å². The van der Waals surface area contributed by atoms with Crippen molar-refractivity contribution in [1.82, 2.24) is 9.97 Å². The van der Waals surface area contributed by atoms with Crippen molar-refractivity contribution >= 4 is 5.82 Å². The lowest BCUT2D eigenvalue weighted by molar-refractivity contribution is 0.0290. The van der Waals surface area contributed by atoms with E-state index in [2.05, 4.69) is 9.97 Å². The van der Waals surface area contributed by atoms with E-state index in [9.17, 15) is 0 Å². The minimum atomic E-state index is -0.0422. The number of nitrogens with two attached hydrogens (primary N) is 2. The van der Waals surface area contributed by atoms with Crippen LogP contribution >= 0.6 is 0 Å². The molecule has 1 atom stereocenters. The summed E-state index contributed by atoms with van der Waals surface area (Å²) in [5, 5.41) is 0. The van der Waals surface area contributed by atoms with E-state index < -0.39 is 0 Å². The largest absolute Gasteiger partial charge is 0.383 e. The SMILES string of the molecule is COC(c1ncc(CN)c(N)n1)C1CCCCC1. The van der Waals surface area contributed by atoms with Gasteiger partial charge in [0.05, 0.1) is 0 Å². The topological polar surface area (TPSA) is 87.0 Å². The van der Waals surface area contributed by atoms with Crippen LogP contribution in [-0.4, -0.2) is 17.1 Å². The standard InChI is InChI=1S/C13H22N4O/c1-18-11(9-5-3-2-4-6-9)13-16-8-10(7-14)12(15)17-13/h8-9,11H,2-7,14H2,1H3,(H2,15,16,17). The molecule has 1 saturated carbocycles. The quantitative estimate of drug-likeness (QED) is 0.850. The first-order chi connectivity index (χ1) is 8.76. The van der Waals surface area contributed by atoms with Crippen LogP contribution in [0.1, 0.15) is 49.6 Å². The first kappa shape index (κ1) is 13.2. The van der Waals surface area contributed by atoms with Gasteiger partial charge in [0, 0.05) is 25.4 Å². The Morgan fingerprint density at radius 3 is 2.67 bits per heavy atom. The summed E-state index contributed by atoms with van der Waals surface area (Å²) in [6, 6.07) is 0. The number of hydrogen-bond donors (Lipinski definition) is 2. The molecule has 0 saturated heterocycles. The number of aromatic nitrogens is 2. The normalized spacial score (nSPS) is 18.8. The summed E-state index contributed by atoms with van der Waals surface area (Å²) in [7, 11) is 1.72. The Labute approximate surface area is 108 Å². The van der Waals surface area contributed by atoms with Crippen molar-refractivity contribution < 1.29 is 4.74 Å². The molecule has 0 aromatic carbocycles. The van der Waals surface area contributed by atoms with Gasteiger partial charge in [-0.05, 0) is 18.8 Å². The summed E-state index contributed by atoms with van der Waals surface area (Å²) >= 11 is 0. The minimum absolute atomic E-state index is 0.0422. The Hall–Kier alpha value is -1.20. The zero-order valence-electron chi connectivity index (χ0n) is 10.9. The average molecular weight is 250 g/mol. The molecule has 1 unspecified atom stereocenters. The summed E-state index contributed by atoms with van der Waals surface area (Å²) in [5.41, 5.74) is 12.2. The van der Waals surface area contributed by atoms with Crippen LogP contribution in [0.2, 0.25) is 0 Å². The van der Waals surface area contributed by atoms with Crippen molar-refractivity contribution in [2.24, 2.45) is 11.7 Å². The molecule has 1 aliphatic carbocycles. The van der Waals surface area contributed by atoms with Crippen molar-refractivity contribution in [3.63, 3.8) is 0 Å². The van der Waals surface area contributed by atoms with Gasteiger partial charge in [-0.15, -0.1) is 0 Å². The van der Waals surface area contributed by atoms with Crippen molar-refractivity contribution in [3.8, 4) is 0 Å². The monoisotopic (exact) mass is 250 g/mol.